The third-order valence-electron chi connectivity index (χ3n) is 3.55. The number of aromatic nitrogens is 2. The molecule has 144 valence electrons. The second-order valence-corrected chi connectivity index (χ2v) is 6.67. The molecule has 0 fully saturated rings. The standard InChI is InChI=1S/C19H17FN4O3S/c20-14-6-8-15(9-7-14)22-16(25)11-21-17(26)12-28-19-24-23-18(27-19)10-13-4-2-1-3-5-13/h1-9H,10-12H2,(H,21,26)(H,22,25). The molecule has 0 radical (unpaired) electrons. The van der Waals surface area contributed by atoms with E-state index in [1.54, 1.807) is 0 Å². The van der Waals surface area contributed by atoms with Gasteiger partial charge in [0, 0.05) is 5.69 Å². The Morgan fingerprint density at radius 1 is 1.00 bits per heavy atom. The summed E-state index contributed by atoms with van der Waals surface area (Å²) in [6, 6.07) is 15.1. The molecule has 0 saturated carbocycles. The topological polar surface area (TPSA) is 97.1 Å². The molecule has 7 nitrogen and oxygen atoms in total. The predicted molar refractivity (Wildman–Crippen MR) is 102 cm³/mol. The highest BCUT2D eigenvalue weighted by Crippen LogP contribution is 2.17. The minimum absolute atomic E-state index is 0.0385. The van der Waals surface area contributed by atoms with Crippen molar-refractivity contribution in [3.63, 3.8) is 0 Å². The van der Waals surface area contributed by atoms with Crippen LogP contribution in [0.2, 0.25) is 0 Å². The second-order valence-electron chi connectivity index (χ2n) is 5.74. The normalized spacial score (nSPS) is 10.5. The number of hydrogen-bond donors (Lipinski definition) is 2. The van der Waals surface area contributed by atoms with Crippen molar-refractivity contribution in [2.75, 3.05) is 17.6 Å². The molecule has 0 saturated heterocycles. The fourth-order valence-electron chi connectivity index (χ4n) is 2.23. The fraction of sp³-hybridized carbons (Fsp3) is 0.158. The molecular formula is C19H17FN4O3S. The lowest BCUT2D eigenvalue weighted by atomic mass is 10.2. The summed E-state index contributed by atoms with van der Waals surface area (Å²) in [5.41, 5.74) is 1.50. The third kappa shape index (κ3) is 6.20. The molecule has 0 spiro atoms. The van der Waals surface area contributed by atoms with Gasteiger partial charge in [-0.1, -0.05) is 42.1 Å². The minimum Gasteiger partial charge on any atom is -0.416 e. The van der Waals surface area contributed by atoms with Crippen molar-refractivity contribution < 1.29 is 18.4 Å². The number of nitrogens with zero attached hydrogens (tertiary/aromatic N) is 2. The first-order valence-corrected chi connectivity index (χ1v) is 9.38. The molecule has 0 atom stereocenters. The van der Waals surface area contributed by atoms with Crippen LogP contribution in [0, 0.1) is 5.82 Å². The number of hydrogen-bond acceptors (Lipinski definition) is 6. The predicted octanol–water partition coefficient (Wildman–Crippen LogP) is 2.65. The zero-order valence-electron chi connectivity index (χ0n) is 14.7. The summed E-state index contributed by atoms with van der Waals surface area (Å²) in [5, 5.41) is 13.2. The molecule has 28 heavy (non-hydrogen) atoms. The summed E-state index contributed by atoms with van der Waals surface area (Å²) in [7, 11) is 0. The van der Waals surface area contributed by atoms with Gasteiger partial charge >= 0.3 is 0 Å². The number of amides is 2. The van der Waals surface area contributed by atoms with Crippen LogP contribution in [0.4, 0.5) is 10.1 Å². The number of anilines is 1. The van der Waals surface area contributed by atoms with Crippen LogP contribution in [-0.2, 0) is 16.0 Å². The lowest BCUT2D eigenvalue weighted by molar-refractivity contribution is -0.122. The van der Waals surface area contributed by atoms with Crippen molar-refractivity contribution in [2.24, 2.45) is 0 Å². The monoisotopic (exact) mass is 400 g/mol. The van der Waals surface area contributed by atoms with E-state index in [0.717, 1.165) is 17.3 Å². The van der Waals surface area contributed by atoms with E-state index >= 15 is 0 Å². The molecule has 3 rings (SSSR count). The Labute approximate surface area is 164 Å². The van der Waals surface area contributed by atoms with E-state index in [1.165, 1.54) is 24.3 Å². The highest BCUT2D eigenvalue weighted by molar-refractivity contribution is 7.99. The van der Waals surface area contributed by atoms with Gasteiger partial charge in [0.2, 0.25) is 17.7 Å². The number of carbonyl (C=O) groups excluding carboxylic acids is 2. The molecule has 0 aliphatic carbocycles. The average molecular weight is 400 g/mol. The van der Waals surface area contributed by atoms with E-state index in [1.807, 2.05) is 30.3 Å². The van der Waals surface area contributed by atoms with Gasteiger partial charge in [0.25, 0.3) is 5.22 Å². The van der Waals surface area contributed by atoms with Gasteiger partial charge in [-0.05, 0) is 29.8 Å². The van der Waals surface area contributed by atoms with Crippen molar-refractivity contribution >= 4 is 29.3 Å². The Morgan fingerprint density at radius 3 is 2.50 bits per heavy atom. The molecule has 2 N–H and O–H groups in total. The molecule has 0 aliphatic rings. The van der Waals surface area contributed by atoms with Crippen LogP contribution in [0.1, 0.15) is 11.5 Å². The van der Waals surface area contributed by atoms with Crippen LogP contribution in [0.15, 0.2) is 64.2 Å². The first-order valence-electron chi connectivity index (χ1n) is 8.40. The zero-order valence-corrected chi connectivity index (χ0v) is 15.5. The van der Waals surface area contributed by atoms with Crippen LogP contribution in [0.5, 0.6) is 0 Å². The third-order valence-corrected chi connectivity index (χ3v) is 4.37. The summed E-state index contributed by atoms with van der Waals surface area (Å²) < 4.78 is 18.3. The maximum Gasteiger partial charge on any atom is 0.277 e. The second kappa shape index (κ2) is 9.65. The van der Waals surface area contributed by atoms with Crippen molar-refractivity contribution in [3.8, 4) is 0 Å². The average Bonchev–Trinajstić information content (AvgIpc) is 3.15. The Bertz CT molecular complexity index is 932. The highest BCUT2D eigenvalue weighted by Gasteiger charge is 2.11. The van der Waals surface area contributed by atoms with E-state index < -0.39 is 11.7 Å². The fourth-order valence-corrected chi connectivity index (χ4v) is 2.84. The molecule has 9 heteroatoms. The van der Waals surface area contributed by atoms with Gasteiger partial charge in [0.05, 0.1) is 18.7 Å². The lowest BCUT2D eigenvalue weighted by Crippen LogP contribution is -2.33. The molecule has 2 amide bonds. The van der Waals surface area contributed by atoms with Gasteiger partial charge in [-0.2, -0.15) is 0 Å². The molecule has 0 unspecified atom stereocenters. The van der Waals surface area contributed by atoms with E-state index in [9.17, 15) is 14.0 Å². The number of nitrogens with one attached hydrogen (secondary N) is 2. The first-order chi connectivity index (χ1) is 13.6. The molecule has 0 aliphatic heterocycles. The van der Waals surface area contributed by atoms with Crippen molar-refractivity contribution in [1.29, 1.82) is 0 Å². The zero-order chi connectivity index (χ0) is 19.8. The van der Waals surface area contributed by atoms with Gasteiger partial charge in [-0.15, -0.1) is 10.2 Å². The number of rotatable bonds is 8. The van der Waals surface area contributed by atoms with Crippen molar-refractivity contribution in [3.05, 3.63) is 71.9 Å². The van der Waals surface area contributed by atoms with Gasteiger partial charge in [0.1, 0.15) is 5.82 Å². The smallest absolute Gasteiger partial charge is 0.277 e. The van der Waals surface area contributed by atoms with Crippen LogP contribution in [0.25, 0.3) is 0 Å². The van der Waals surface area contributed by atoms with Crippen LogP contribution in [-0.4, -0.2) is 34.3 Å². The Balaban J connectivity index is 1.38. The van der Waals surface area contributed by atoms with Crippen LogP contribution >= 0.6 is 11.8 Å². The summed E-state index contributed by atoms with van der Waals surface area (Å²) in [5.74, 6) is -0.643. The van der Waals surface area contributed by atoms with Gasteiger partial charge in [-0.3, -0.25) is 9.59 Å². The van der Waals surface area contributed by atoms with Gasteiger partial charge in [-0.25, -0.2) is 4.39 Å². The summed E-state index contributed by atoms with van der Waals surface area (Å²) in [6.45, 7) is -0.195. The molecule has 1 aromatic heterocycles. The van der Waals surface area contributed by atoms with Crippen molar-refractivity contribution in [2.45, 2.75) is 11.6 Å². The molecule has 0 bridgehead atoms. The Kier molecular flexibility index (Phi) is 6.74. The van der Waals surface area contributed by atoms with Crippen LogP contribution < -0.4 is 10.6 Å². The van der Waals surface area contributed by atoms with Gasteiger partial charge in [0.15, 0.2) is 0 Å². The molecule has 1 heterocycles. The lowest BCUT2D eigenvalue weighted by Gasteiger charge is -2.06. The first kappa shape index (κ1) is 19.6. The summed E-state index contributed by atoms with van der Waals surface area (Å²) in [4.78, 5) is 23.7. The number of carbonyl (C=O) groups is 2. The number of halogens is 1. The Hall–Kier alpha value is -3.20. The summed E-state index contributed by atoms with van der Waals surface area (Å²) >= 11 is 1.09. The van der Waals surface area contributed by atoms with Crippen LogP contribution in [0.3, 0.4) is 0 Å². The highest BCUT2D eigenvalue weighted by atomic mass is 32.2. The SMILES string of the molecule is O=C(CSc1nnc(Cc2ccccc2)o1)NCC(=O)Nc1ccc(F)cc1. The van der Waals surface area contributed by atoms with E-state index in [2.05, 4.69) is 20.8 Å². The quantitative estimate of drug-likeness (QED) is 0.564. The minimum atomic E-state index is -0.409. The molecular weight excluding hydrogens is 383 g/mol. The van der Waals surface area contributed by atoms with Crippen molar-refractivity contribution in [1.82, 2.24) is 15.5 Å². The number of thioether (sulfide) groups is 1. The maximum absolute atomic E-state index is 12.8. The largest absolute Gasteiger partial charge is 0.416 e. The van der Waals surface area contributed by atoms with Gasteiger partial charge < -0.3 is 15.1 Å². The van der Waals surface area contributed by atoms with E-state index in [0.29, 0.717) is 18.0 Å². The molecule has 3 aromatic rings. The summed E-state index contributed by atoms with van der Waals surface area (Å²) in [6.07, 6.45) is 0.518. The maximum atomic E-state index is 12.8. The number of benzene rings is 2. The Morgan fingerprint density at radius 2 is 1.75 bits per heavy atom. The van der Waals surface area contributed by atoms with E-state index in [-0.39, 0.29) is 23.4 Å². The van der Waals surface area contributed by atoms with E-state index in [4.69, 9.17) is 4.42 Å². The molecule has 2 aromatic carbocycles.